The number of aromatic amines is 1. The quantitative estimate of drug-likeness (QED) is 0.768. The van der Waals surface area contributed by atoms with E-state index in [1.165, 1.54) is 20.3 Å². The molecule has 0 saturated carbocycles. The molecule has 0 aliphatic rings. The van der Waals surface area contributed by atoms with Gasteiger partial charge in [-0.05, 0) is 25.1 Å². The van der Waals surface area contributed by atoms with E-state index in [-0.39, 0.29) is 5.56 Å². The Morgan fingerprint density at radius 3 is 2.65 bits per heavy atom. The Bertz CT molecular complexity index is 902. The average Bonchev–Trinajstić information content (AvgIpc) is 2.92. The van der Waals surface area contributed by atoms with E-state index in [1.54, 1.807) is 25.1 Å². The van der Waals surface area contributed by atoms with Crippen LogP contribution in [0.4, 0.5) is 0 Å². The Labute approximate surface area is 131 Å². The van der Waals surface area contributed by atoms with Gasteiger partial charge in [-0.3, -0.25) is 0 Å². The van der Waals surface area contributed by atoms with Crippen molar-refractivity contribution >= 4 is 17.1 Å². The lowest BCUT2D eigenvalue weighted by Crippen LogP contribution is -2.01. The van der Waals surface area contributed by atoms with Crippen molar-refractivity contribution in [1.29, 1.82) is 0 Å². The smallest absolute Gasteiger partial charge is 0.338 e. The highest BCUT2D eigenvalue weighted by Gasteiger charge is 2.19. The lowest BCUT2D eigenvalue weighted by Gasteiger charge is -2.12. The summed E-state index contributed by atoms with van der Waals surface area (Å²) in [5.41, 5.74) is 1.95. The Hall–Kier alpha value is -3.09. The van der Waals surface area contributed by atoms with E-state index >= 15 is 0 Å². The number of carboxylic acids is 1. The van der Waals surface area contributed by atoms with Gasteiger partial charge in [0.15, 0.2) is 17.1 Å². The second-order valence-electron chi connectivity index (χ2n) is 4.92. The van der Waals surface area contributed by atoms with Gasteiger partial charge in [-0.2, -0.15) is 0 Å². The van der Waals surface area contributed by atoms with Crippen molar-refractivity contribution < 1.29 is 19.4 Å². The number of ether oxygens (including phenoxy) is 2. The third-order valence-corrected chi connectivity index (χ3v) is 3.49. The average molecular weight is 313 g/mol. The van der Waals surface area contributed by atoms with Gasteiger partial charge >= 0.3 is 5.97 Å². The lowest BCUT2D eigenvalue weighted by molar-refractivity contribution is 0.0699. The van der Waals surface area contributed by atoms with Crippen LogP contribution in [0, 0.1) is 6.92 Å². The molecule has 0 fully saturated rings. The molecule has 0 spiro atoms. The van der Waals surface area contributed by atoms with Crippen molar-refractivity contribution in [2.75, 3.05) is 14.2 Å². The minimum absolute atomic E-state index is 0.107. The molecule has 0 aliphatic carbocycles. The summed E-state index contributed by atoms with van der Waals surface area (Å²) in [5.74, 6) is 0.585. The number of benzene rings is 1. The van der Waals surface area contributed by atoms with E-state index < -0.39 is 5.97 Å². The van der Waals surface area contributed by atoms with Crippen LogP contribution in [-0.4, -0.2) is 40.2 Å². The molecule has 0 atom stereocenters. The Morgan fingerprint density at radius 1 is 1.22 bits per heavy atom. The predicted molar refractivity (Wildman–Crippen MR) is 84.1 cm³/mol. The summed E-state index contributed by atoms with van der Waals surface area (Å²) >= 11 is 0. The molecular formula is C16H15N3O4. The monoisotopic (exact) mass is 313 g/mol. The molecule has 7 nitrogen and oxygen atoms in total. The number of rotatable bonds is 4. The van der Waals surface area contributed by atoms with E-state index in [9.17, 15) is 9.90 Å². The van der Waals surface area contributed by atoms with Crippen LogP contribution in [0.2, 0.25) is 0 Å². The number of aromatic nitrogens is 3. The van der Waals surface area contributed by atoms with Crippen LogP contribution in [-0.2, 0) is 0 Å². The molecule has 2 heterocycles. The van der Waals surface area contributed by atoms with Crippen LogP contribution >= 0.6 is 0 Å². The zero-order valence-corrected chi connectivity index (χ0v) is 12.9. The summed E-state index contributed by atoms with van der Waals surface area (Å²) in [4.78, 5) is 23.2. The molecule has 1 aromatic carbocycles. The number of fused-ring (bicyclic) bond motifs is 1. The Kier molecular flexibility index (Phi) is 3.61. The Balaban J connectivity index is 2.31. The fourth-order valence-electron chi connectivity index (χ4n) is 2.50. The predicted octanol–water partition coefficient (Wildman–Crippen LogP) is 2.65. The van der Waals surface area contributed by atoms with Crippen LogP contribution < -0.4 is 9.47 Å². The first-order chi connectivity index (χ1) is 11.0. The molecule has 0 radical (unpaired) electrons. The molecule has 2 N–H and O–H groups in total. The second kappa shape index (κ2) is 5.60. The molecule has 0 amide bonds. The van der Waals surface area contributed by atoms with Gasteiger partial charge < -0.3 is 19.6 Å². The molecule has 2 aromatic heterocycles. The molecule has 118 valence electrons. The van der Waals surface area contributed by atoms with E-state index in [2.05, 4.69) is 15.0 Å². The molecule has 0 unspecified atom stereocenters. The maximum absolute atomic E-state index is 11.6. The number of aromatic carboxylic acids is 1. The van der Waals surface area contributed by atoms with Gasteiger partial charge in [0.2, 0.25) is 0 Å². The highest BCUT2D eigenvalue weighted by Crippen LogP contribution is 2.37. The van der Waals surface area contributed by atoms with E-state index in [4.69, 9.17) is 9.47 Å². The first-order valence-electron chi connectivity index (χ1n) is 6.87. The van der Waals surface area contributed by atoms with Gasteiger partial charge in [-0.25, -0.2) is 14.8 Å². The summed E-state index contributed by atoms with van der Waals surface area (Å²) in [5, 5.41) is 9.46. The minimum Gasteiger partial charge on any atom is -0.493 e. The van der Waals surface area contributed by atoms with Gasteiger partial charge in [0.25, 0.3) is 0 Å². The lowest BCUT2D eigenvalue weighted by atomic mass is 10.1. The fraction of sp³-hybridized carbons (Fsp3) is 0.188. The third-order valence-electron chi connectivity index (χ3n) is 3.49. The van der Waals surface area contributed by atoms with Crippen molar-refractivity contribution in [3.63, 3.8) is 0 Å². The first-order valence-corrected chi connectivity index (χ1v) is 6.87. The first kappa shape index (κ1) is 14.8. The zero-order chi connectivity index (χ0) is 16.6. The van der Waals surface area contributed by atoms with Crippen LogP contribution in [0.15, 0.2) is 24.3 Å². The largest absolute Gasteiger partial charge is 0.493 e. The molecule has 7 heteroatoms. The maximum Gasteiger partial charge on any atom is 0.338 e. The highest BCUT2D eigenvalue weighted by atomic mass is 16.5. The molecular weight excluding hydrogens is 298 g/mol. The standard InChI is InChI=1S/C16H15N3O4/c1-8-17-13-10(16(20)21)7-11(19-15(13)18-8)9-5-4-6-12(22-2)14(9)23-3/h4-7H,1-3H3,(H,20,21)(H,17,18,19). The van der Waals surface area contributed by atoms with E-state index in [1.807, 2.05) is 0 Å². The Morgan fingerprint density at radius 2 is 2.00 bits per heavy atom. The van der Waals surface area contributed by atoms with Gasteiger partial charge in [0, 0.05) is 5.56 Å². The molecule has 23 heavy (non-hydrogen) atoms. The van der Waals surface area contributed by atoms with Crippen molar-refractivity contribution in [3.05, 3.63) is 35.7 Å². The summed E-state index contributed by atoms with van der Waals surface area (Å²) < 4.78 is 10.7. The van der Waals surface area contributed by atoms with Crippen LogP contribution in [0.3, 0.4) is 0 Å². The number of para-hydroxylation sites is 1. The van der Waals surface area contributed by atoms with Crippen molar-refractivity contribution in [2.24, 2.45) is 0 Å². The molecule has 0 aliphatic heterocycles. The van der Waals surface area contributed by atoms with Crippen molar-refractivity contribution in [2.45, 2.75) is 6.92 Å². The number of nitrogens with zero attached hydrogens (tertiary/aromatic N) is 2. The SMILES string of the molecule is COc1cccc(-c2cc(C(=O)O)c3[nH]c(C)nc3n2)c1OC. The zero-order valence-electron chi connectivity index (χ0n) is 12.9. The number of aryl methyl sites for hydroxylation is 1. The number of nitrogens with one attached hydrogen (secondary N) is 1. The fourth-order valence-corrected chi connectivity index (χ4v) is 2.50. The number of H-pyrrole nitrogens is 1. The second-order valence-corrected chi connectivity index (χ2v) is 4.92. The normalized spacial score (nSPS) is 10.7. The third kappa shape index (κ3) is 2.46. The minimum atomic E-state index is -1.05. The van der Waals surface area contributed by atoms with E-state index in [0.717, 1.165) is 0 Å². The van der Waals surface area contributed by atoms with Crippen LogP contribution in [0.25, 0.3) is 22.4 Å². The number of carboxylic acid groups (broad SMARTS) is 1. The summed E-state index contributed by atoms with van der Waals surface area (Å²) in [6.07, 6.45) is 0. The number of hydrogen-bond donors (Lipinski definition) is 2. The van der Waals surface area contributed by atoms with Gasteiger partial charge in [0.1, 0.15) is 5.82 Å². The highest BCUT2D eigenvalue weighted by molar-refractivity contribution is 6.01. The van der Waals surface area contributed by atoms with Gasteiger partial charge in [0.05, 0.1) is 31.0 Å². The van der Waals surface area contributed by atoms with Crippen LogP contribution in [0.1, 0.15) is 16.2 Å². The van der Waals surface area contributed by atoms with Crippen LogP contribution in [0.5, 0.6) is 11.5 Å². The number of imidazole rings is 1. The van der Waals surface area contributed by atoms with Crippen molar-refractivity contribution in [1.82, 2.24) is 15.0 Å². The number of hydrogen-bond acceptors (Lipinski definition) is 5. The molecule has 3 rings (SSSR count). The van der Waals surface area contributed by atoms with Gasteiger partial charge in [-0.15, -0.1) is 0 Å². The van der Waals surface area contributed by atoms with E-state index in [0.29, 0.717) is 39.7 Å². The molecule has 0 saturated heterocycles. The topological polar surface area (TPSA) is 97.3 Å². The van der Waals surface area contributed by atoms with Crippen molar-refractivity contribution in [3.8, 4) is 22.8 Å². The summed E-state index contributed by atoms with van der Waals surface area (Å²) in [7, 11) is 3.06. The molecule has 0 bridgehead atoms. The van der Waals surface area contributed by atoms with Gasteiger partial charge in [-0.1, -0.05) is 6.07 Å². The molecule has 3 aromatic rings. The number of pyridine rings is 1. The summed E-state index contributed by atoms with van der Waals surface area (Å²) in [6.45, 7) is 1.75. The summed E-state index contributed by atoms with van der Waals surface area (Å²) in [6, 6.07) is 6.84. The maximum atomic E-state index is 11.6. The number of carbonyl (C=O) groups is 1. The number of methoxy groups -OCH3 is 2.